The minimum Gasteiger partial charge on any atom is -0.370 e. The molecule has 146 valence electrons. The van der Waals surface area contributed by atoms with Crippen LogP contribution in [0.25, 0.3) is 0 Å². The summed E-state index contributed by atoms with van der Waals surface area (Å²) in [7, 11) is -3.79. The minimum atomic E-state index is -3.79. The number of benzene rings is 2. The quantitative estimate of drug-likeness (QED) is 0.776. The lowest BCUT2D eigenvalue weighted by Crippen LogP contribution is -2.42. The van der Waals surface area contributed by atoms with Crippen LogP contribution in [0.2, 0.25) is 0 Å². The van der Waals surface area contributed by atoms with E-state index in [2.05, 4.69) is 10.6 Å². The molecule has 8 heteroatoms. The molecule has 0 bridgehead atoms. The fourth-order valence-corrected chi connectivity index (χ4v) is 3.89. The minimum absolute atomic E-state index is 0.0306. The summed E-state index contributed by atoms with van der Waals surface area (Å²) in [5.74, 6) is 1.56. The molecule has 1 saturated heterocycles. The average molecular weight is 402 g/mol. The van der Waals surface area contributed by atoms with Crippen molar-refractivity contribution in [2.45, 2.75) is 11.0 Å². The lowest BCUT2D eigenvalue weighted by Gasteiger charge is -2.33. The lowest BCUT2D eigenvalue weighted by molar-refractivity contribution is -0.0228. The normalized spacial score (nSPS) is 17.1. The van der Waals surface area contributed by atoms with E-state index in [1.54, 1.807) is 23.1 Å². The van der Waals surface area contributed by atoms with Crippen LogP contribution in [0, 0.1) is 18.2 Å². The third-order valence-electron chi connectivity index (χ3n) is 4.35. The first-order valence-electron chi connectivity index (χ1n) is 8.60. The van der Waals surface area contributed by atoms with Gasteiger partial charge in [-0.15, -0.1) is 6.42 Å². The number of nitrogens with zero attached hydrogens (tertiary/aromatic N) is 1. The Morgan fingerprint density at radius 3 is 2.75 bits per heavy atom. The number of hydrogen-bond donors (Lipinski definition) is 1. The van der Waals surface area contributed by atoms with E-state index in [1.807, 2.05) is 0 Å². The van der Waals surface area contributed by atoms with Gasteiger partial charge in [0.1, 0.15) is 11.9 Å². The molecule has 2 aromatic carbocycles. The van der Waals surface area contributed by atoms with Gasteiger partial charge in [0.2, 0.25) is 10.0 Å². The van der Waals surface area contributed by atoms with Gasteiger partial charge >= 0.3 is 0 Å². The van der Waals surface area contributed by atoms with E-state index in [0.29, 0.717) is 13.2 Å². The molecular weight excluding hydrogens is 383 g/mol. The van der Waals surface area contributed by atoms with E-state index < -0.39 is 10.0 Å². The Kier molecular flexibility index (Phi) is 6.09. The zero-order valence-corrected chi connectivity index (χ0v) is 15.8. The molecule has 1 atom stereocenters. The predicted molar refractivity (Wildman–Crippen MR) is 101 cm³/mol. The van der Waals surface area contributed by atoms with Crippen LogP contribution in [0.5, 0.6) is 0 Å². The molecule has 0 radical (unpaired) electrons. The molecular formula is C20H19FN2O4S. The van der Waals surface area contributed by atoms with Crippen molar-refractivity contribution in [2.75, 3.05) is 26.2 Å². The van der Waals surface area contributed by atoms with Crippen LogP contribution in [0.1, 0.15) is 22.0 Å². The molecule has 1 fully saturated rings. The van der Waals surface area contributed by atoms with Crippen molar-refractivity contribution < 1.29 is 22.3 Å². The number of ether oxygens (including phenoxy) is 1. The van der Waals surface area contributed by atoms with E-state index >= 15 is 0 Å². The highest BCUT2D eigenvalue weighted by Gasteiger charge is 2.27. The number of nitrogens with one attached hydrogen (secondary N) is 1. The molecule has 0 aliphatic carbocycles. The molecule has 6 nitrogen and oxygen atoms in total. The van der Waals surface area contributed by atoms with Crippen molar-refractivity contribution in [3.05, 3.63) is 65.5 Å². The smallest absolute Gasteiger partial charge is 0.254 e. The zero-order valence-electron chi connectivity index (χ0n) is 15.0. The summed E-state index contributed by atoms with van der Waals surface area (Å²) in [6, 6.07) is 11.7. The topological polar surface area (TPSA) is 75.7 Å². The Morgan fingerprint density at radius 1 is 1.29 bits per heavy atom. The van der Waals surface area contributed by atoms with E-state index in [4.69, 9.17) is 11.2 Å². The third-order valence-corrected chi connectivity index (χ3v) is 5.75. The number of hydrogen-bond acceptors (Lipinski definition) is 4. The molecule has 3 rings (SSSR count). The number of morpholine rings is 1. The number of halogens is 1. The molecule has 1 amide bonds. The Morgan fingerprint density at radius 2 is 2.04 bits per heavy atom. The van der Waals surface area contributed by atoms with Crippen molar-refractivity contribution in [3.63, 3.8) is 0 Å². The fraction of sp³-hybridized carbons (Fsp3) is 0.250. The van der Waals surface area contributed by atoms with Gasteiger partial charge in [-0.2, -0.15) is 4.72 Å². The van der Waals surface area contributed by atoms with Gasteiger partial charge < -0.3 is 9.64 Å². The van der Waals surface area contributed by atoms with Crippen molar-refractivity contribution in [1.82, 2.24) is 9.62 Å². The number of carbonyl (C=O) groups excluding carboxylic acids is 1. The van der Waals surface area contributed by atoms with E-state index in [0.717, 1.165) is 5.56 Å². The number of terminal acetylenes is 1. The molecule has 0 spiro atoms. The Labute approximate surface area is 163 Å². The number of sulfonamides is 1. The first kappa shape index (κ1) is 20.0. The van der Waals surface area contributed by atoms with Crippen molar-refractivity contribution in [2.24, 2.45) is 0 Å². The van der Waals surface area contributed by atoms with Gasteiger partial charge in [-0.05, 0) is 35.9 Å². The van der Waals surface area contributed by atoms with Gasteiger partial charge in [0, 0.05) is 12.1 Å². The SMILES string of the molecule is C#CCNS(=O)(=O)c1cccc(C(=O)N2CCOC(c3ccc(F)cc3)C2)c1. The van der Waals surface area contributed by atoms with Gasteiger partial charge in [-0.1, -0.05) is 24.1 Å². The first-order valence-corrected chi connectivity index (χ1v) is 10.1. The summed E-state index contributed by atoms with van der Waals surface area (Å²) in [5.41, 5.74) is 1.03. The van der Waals surface area contributed by atoms with Gasteiger partial charge in [0.15, 0.2) is 0 Å². The highest BCUT2D eigenvalue weighted by Crippen LogP contribution is 2.24. The average Bonchev–Trinajstić information content (AvgIpc) is 2.72. The first-order chi connectivity index (χ1) is 13.4. The maximum atomic E-state index is 13.1. The summed E-state index contributed by atoms with van der Waals surface area (Å²) < 4.78 is 45.5. The van der Waals surface area contributed by atoms with Crippen LogP contribution >= 0.6 is 0 Å². The fourth-order valence-electron chi connectivity index (χ4n) is 2.91. The molecule has 2 aromatic rings. The lowest BCUT2D eigenvalue weighted by atomic mass is 10.1. The van der Waals surface area contributed by atoms with Crippen molar-refractivity contribution >= 4 is 15.9 Å². The Balaban J connectivity index is 1.77. The standard InChI is InChI=1S/C20H19FN2O4S/c1-2-10-22-28(25,26)18-5-3-4-16(13-18)20(24)23-11-12-27-19(14-23)15-6-8-17(21)9-7-15/h1,3-9,13,19,22H,10-12,14H2. The number of rotatable bonds is 5. The Bertz CT molecular complexity index is 1000. The second-order valence-corrected chi connectivity index (χ2v) is 7.99. The van der Waals surface area contributed by atoms with Crippen LogP contribution in [-0.4, -0.2) is 45.5 Å². The number of amides is 1. The van der Waals surface area contributed by atoms with Crippen molar-refractivity contribution in [3.8, 4) is 12.3 Å². The van der Waals surface area contributed by atoms with E-state index in [9.17, 15) is 17.6 Å². The summed E-state index contributed by atoms with van der Waals surface area (Å²) in [4.78, 5) is 14.5. The van der Waals surface area contributed by atoms with Gasteiger partial charge in [-0.25, -0.2) is 12.8 Å². The van der Waals surface area contributed by atoms with Crippen LogP contribution < -0.4 is 4.72 Å². The molecule has 1 aliphatic rings. The maximum Gasteiger partial charge on any atom is 0.254 e. The zero-order chi connectivity index (χ0) is 20.1. The van der Waals surface area contributed by atoms with Crippen LogP contribution in [0.15, 0.2) is 53.4 Å². The summed E-state index contributed by atoms with van der Waals surface area (Å²) >= 11 is 0. The molecule has 1 heterocycles. The summed E-state index contributed by atoms with van der Waals surface area (Å²) in [6.45, 7) is 0.860. The molecule has 1 unspecified atom stereocenters. The molecule has 0 saturated carbocycles. The largest absolute Gasteiger partial charge is 0.370 e. The summed E-state index contributed by atoms with van der Waals surface area (Å²) in [5, 5.41) is 0. The molecule has 28 heavy (non-hydrogen) atoms. The molecule has 0 aromatic heterocycles. The third kappa shape index (κ3) is 4.57. The van der Waals surface area contributed by atoms with Crippen molar-refractivity contribution in [1.29, 1.82) is 0 Å². The second-order valence-electron chi connectivity index (χ2n) is 6.22. The van der Waals surface area contributed by atoms with Crippen LogP contribution in [0.4, 0.5) is 4.39 Å². The van der Waals surface area contributed by atoms with E-state index in [-0.39, 0.29) is 41.4 Å². The monoisotopic (exact) mass is 402 g/mol. The van der Waals surface area contributed by atoms with Gasteiger partial charge in [0.05, 0.1) is 24.6 Å². The summed E-state index contributed by atoms with van der Waals surface area (Å²) in [6.07, 6.45) is 4.72. The van der Waals surface area contributed by atoms with Gasteiger partial charge in [0.25, 0.3) is 5.91 Å². The Hall–Kier alpha value is -2.73. The van der Waals surface area contributed by atoms with Crippen LogP contribution in [0.3, 0.4) is 0 Å². The second kappa shape index (κ2) is 8.52. The van der Waals surface area contributed by atoms with Crippen LogP contribution in [-0.2, 0) is 14.8 Å². The van der Waals surface area contributed by atoms with Gasteiger partial charge in [-0.3, -0.25) is 4.79 Å². The molecule has 1 N–H and O–H groups in total. The highest BCUT2D eigenvalue weighted by molar-refractivity contribution is 7.89. The highest BCUT2D eigenvalue weighted by atomic mass is 32.2. The number of carbonyl (C=O) groups is 1. The molecule has 1 aliphatic heterocycles. The predicted octanol–water partition coefficient (Wildman–Crippen LogP) is 1.95. The maximum absolute atomic E-state index is 13.1. The van der Waals surface area contributed by atoms with E-state index in [1.165, 1.54) is 30.3 Å².